The lowest BCUT2D eigenvalue weighted by molar-refractivity contribution is -0.135. The fourth-order valence-electron chi connectivity index (χ4n) is 4.05. The zero-order valence-electron chi connectivity index (χ0n) is 17.0. The van der Waals surface area contributed by atoms with Gasteiger partial charge in [-0.2, -0.15) is 0 Å². The van der Waals surface area contributed by atoms with Crippen LogP contribution in [0.15, 0.2) is 60.4 Å². The molecule has 5 rings (SSSR count). The number of aromatic hydroxyl groups is 2. The van der Waals surface area contributed by atoms with Crippen molar-refractivity contribution in [1.29, 1.82) is 0 Å². The molecule has 2 aliphatic rings. The fourth-order valence-corrected chi connectivity index (χ4v) is 4.05. The summed E-state index contributed by atoms with van der Waals surface area (Å²) in [5, 5.41) is 19.6. The van der Waals surface area contributed by atoms with Crippen LogP contribution in [-0.2, 0) is 4.79 Å². The summed E-state index contributed by atoms with van der Waals surface area (Å²) in [5.74, 6) is 0.0895. The third-order valence-electron chi connectivity index (χ3n) is 5.58. The van der Waals surface area contributed by atoms with Crippen LogP contribution in [0.1, 0.15) is 39.4 Å². The Bertz CT molecular complexity index is 1290. The highest BCUT2D eigenvalue weighted by atomic mass is 16.5. The van der Waals surface area contributed by atoms with Crippen LogP contribution < -0.4 is 14.2 Å². The first-order valence-corrected chi connectivity index (χ1v) is 9.92. The molecular formula is C25H18O7. The summed E-state index contributed by atoms with van der Waals surface area (Å²) in [7, 11) is 1.45. The first-order chi connectivity index (χ1) is 15.4. The van der Waals surface area contributed by atoms with Gasteiger partial charge in [0.05, 0.1) is 19.1 Å². The number of hydrogen-bond acceptors (Lipinski definition) is 7. The Morgan fingerprint density at radius 2 is 1.78 bits per heavy atom. The molecule has 3 aromatic rings. The number of ether oxygens (including phenoxy) is 3. The number of methoxy groups -OCH3 is 1. The van der Waals surface area contributed by atoms with Crippen LogP contribution in [0.5, 0.6) is 28.7 Å². The van der Waals surface area contributed by atoms with E-state index < -0.39 is 0 Å². The van der Waals surface area contributed by atoms with Gasteiger partial charge in [0, 0.05) is 11.5 Å². The maximum atomic E-state index is 13.0. The number of carbonyl (C=O) groups is 2. The summed E-state index contributed by atoms with van der Waals surface area (Å²) in [5.41, 5.74) is 2.34. The number of Topliss-reactive ketones (excluding diaryl/α,β-unsaturated/α-hetero) is 1. The predicted molar refractivity (Wildman–Crippen MR) is 114 cm³/mol. The second kappa shape index (κ2) is 7.46. The predicted octanol–water partition coefficient (Wildman–Crippen LogP) is 4.16. The van der Waals surface area contributed by atoms with Gasteiger partial charge in [-0.3, -0.25) is 9.59 Å². The molecule has 0 aromatic heterocycles. The molecule has 2 heterocycles. The quantitative estimate of drug-likeness (QED) is 0.365. The van der Waals surface area contributed by atoms with Crippen molar-refractivity contribution in [3.8, 4) is 28.7 Å². The van der Waals surface area contributed by atoms with Crippen molar-refractivity contribution in [2.24, 2.45) is 0 Å². The zero-order valence-corrected chi connectivity index (χ0v) is 17.0. The number of benzene rings is 3. The van der Waals surface area contributed by atoms with E-state index in [1.165, 1.54) is 19.3 Å². The molecule has 3 aromatic carbocycles. The molecular weight excluding hydrogens is 412 g/mol. The van der Waals surface area contributed by atoms with Gasteiger partial charge >= 0.3 is 5.97 Å². The van der Waals surface area contributed by atoms with Crippen LogP contribution in [0, 0.1) is 0 Å². The van der Waals surface area contributed by atoms with Gasteiger partial charge in [-0.1, -0.05) is 18.2 Å². The molecule has 7 nitrogen and oxygen atoms in total. The van der Waals surface area contributed by atoms with E-state index in [-0.39, 0.29) is 41.3 Å². The van der Waals surface area contributed by atoms with Crippen LogP contribution in [0.4, 0.5) is 0 Å². The molecule has 0 saturated carbocycles. The number of esters is 1. The third-order valence-corrected chi connectivity index (χ3v) is 5.58. The smallest absolute Gasteiger partial charge is 0.312 e. The summed E-state index contributed by atoms with van der Waals surface area (Å²) in [6.07, 6.45) is 1.62. The molecule has 7 heteroatoms. The Morgan fingerprint density at radius 3 is 2.50 bits per heavy atom. The first-order valence-electron chi connectivity index (χ1n) is 9.92. The van der Waals surface area contributed by atoms with E-state index in [4.69, 9.17) is 14.2 Å². The minimum atomic E-state index is -0.390. The molecule has 1 unspecified atom stereocenters. The molecule has 0 spiro atoms. The largest absolute Gasteiger partial charge is 0.508 e. The van der Waals surface area contributed by atoms with Crippen LogP contribution in [0.25, 0.3) is 6.08 Å². The lowest BCUT2D eigenvalue weighted by Crippen LogP contribution is -2.21. The maximum absolute atomic E-state index is 13.0. The monoisotopic (exact) mass is 430 g/mol. The van der Waals surface area contributed by atoms with E-state index in [2.05, 4.69) is 0 Å². The minimum absolute atomic E-state index is 0.0542. The van der Waals surface area contributed by atoms with Crippen molar-refractivity contribution < 1.29 is 34.0 Å². The van der Waals surface area contributed by atoms with Gasteiger partial charge in [0.15, 0.2) is 17.3 Å². The Labute approximate surface area is 183 Å². The summed E-state index contributed by atoms with van der Waals surface area (Å²) < 4.78 is 16.5. The second-order valence-corrected chi connectivity index (χ2v) is 7.55. The van der Waals surface area contributed by atoms with Gasteiger partial charge in [-0.15, -0.1) is 0 Å². The summed E-state index contributed by atoms with van der Waals surface area (Å²) in [4.78, 5) is 25.2. The molecule has 1 atom stereocenters. The van der Waals surface area contributed by atoms with Crippen LogP contribution in [0.2, 0.25) is 0 Å². The van der Waals surface area contributed by atoms with Gasteiger partial charge in [-0.05, 0) is 53.6 Å². The number of ketones is 1. The number of fused-ring (bicyclic) bond motifs is 3. The molecule has 0 amide bonds. The summed E-state index contributed by atoms with van der Waals surface area (Å²) in [6, 6.07) is 14.5. The van der Waals surface area contributed by atoms with E-state index >= 15 is 0 Å². The lowest BCUT2D eigenvalue weighted by Gasteiger charge is -2.26. The number of allylic oxidation sites excluding steroid dienone is 1. The molecule has 32 heavy (non-hydrogen) atoms. The Kier molecular flexibility index (Phi) is 4.59. The molecule has 0 fully saturated rings. The van der Waals surface area contributed by atoms with Gasteiger partial charge in [-0.25, -0.2) is 0 Å². The average molecular weight is 430 g/mol. The summed E-state index contributed by atoms with van der Waals surface area (Å²) in [6.45, 7) is 0. The van der Waals surface area contributed by atoms with E-state index in [9.17, 15) is 19.8 Å². The highest BCUT2D eigenvalue weighted by Gasteiger charge is 2.38. The van der Waals surface area contributed by atoms with E-state index in [1.54, 1.807) is 48.5 Å². The third kappa shape index (κ3) is 3.24. The van der Waals surface area contributed by atoms with Gasteiger partial charge in [0.2, 0.25) is 5.78 Å². The highest BCUT2D eigenvalue weighted by Crippen LogP contribution is 2.49. The summed E-state index contributed by atoms with van der Waals surface area (Å²) >= 11 is 0. The highest BCUT2D eigenvalue weighted by molar-refractivity contribution is 6.15. The molecule has 0 bridgehead atoms. The molecule has 2 aliphatic heterocycles. The fraction of sp³-hybridized carbons (Fsp3) is 0.120. The van der Waals surface area contributed by atoms with Crippen LogP contribution >= 0.6 is 0 Å². The topological polar surface area (TPSA) is 102 Å². The molecule has 160 valence electrons. The number of rotatable bonds is 3. The maximum Gasteiger partial charge on any atom is 0.312 e. The molecule has 0 radical (unpaired) electrons. The molecule has 0 aliphatic carbocycles. The van der Waals surface area contributed by atoms with Crippen LogP contribution in [-0.4, -0.2) is 29.1 Å². The number of hydrogen-bond donors (Lipinski definition) is 2. The van der Waals surface area contributed by atoms with Crippen molar-refractivity contribution in [3.63, 3.8) is 0 Å². The van der Waals surface area contributed by atoms with Crippen molar-refractivity contribution in [2.45, 2.75) is 12.3 Å². The van der Waals surface area contributed by atoms with Crippen molar-refractivity contribution in [3.05, 3.63) is 82.6 Å². The molecule has 2 N–H and O–H groups in total. The lowest BCUT2D eigenvalue weighted by atomic mass is 9.84. The van der Waals surface area contributed by atoms with Crippen molar-refractivity contribution in [2.75, 3.05) is 7.11 Å². The van der Waals surface area contributed by atoms with Gasteiger partial charge in [0.1, 0.15) is 17.2 Å². The Balaban J connectivity index is 1.58. The SMILES string of the molecule is COc1ccc(/C=C2\Oc3c(ccc4c3C(c3ccc(O)cc3)CC(=O)O4)C2=O)cc1O. The Morgan fingerprint density at radius 1 is 1.00 bits per heavy atom. The zero-order chi connectivity index (χ0) is 22.4. The van der Waals surface area contributed by atoms with Gasteiger partial charge in [0.25, 0.3) is 0 Å². The van der Waals surface area contributed by atoms with Crippen LogP contribution in [0.3, 0.4) is 0 Å². The van der Waals surface area contributed by atoms with E-state index in [1.807, 2.05) is 0 Å². The number of carbonyl (C=O) groups excluding carboxylic acids is 2. The van der Waals surface area contributed by atoms with Crippen molar-refractivity contribution in [1.82, 2.24) is 0 Å². The number of phenolic OH excluding ortho intramolecular Hbond substituents is 2. The standard InChI is InChI=1S/C25H18O7/c1-30-19-8-2-13(10-18(19)27)11-21-24(29)16-7-9-20-23(25(16)32-21)17(12-22(28)31-20)14-3-5-15(26)6-4-14/h2-11,17,26-27H,12H2,1H3/b21-11-. The van der Waals surface area contributed by atoms with E-state index in [0.717, 1.165) is 5.56 Å². The average Bonchev–Trinajstić information content (AvgIpc) is 3.09. The van der Waals surface area contributed by atoms with Gasteiger partial charge < -0.3 is 24.4 Å². The van der Waals surface area contributed by atoms with E-state index in [0.29, 0.717) is 33.9 Å². The second-order valence-electron chi connectivity index (χ2n) is 7.55. The molecule has 0 saturated heterocycles. The number of phenols is 2. The normalized spacial score (nSPS) is 18.0. The minimum Gasteiger partial charge on any atom is -0.508 e. The first kappa shape index (κ1) is 19.7. The van der Waals surface area contributed by atoms with Crippen molar-refractivity contribution >= 4 is 17.8 Å². The Hall–Kier alpha value is -4.26.